The van der Waals surface area contributed by atoms with Crippen molar-refractivity contribution in [1.29, 1.82) is 0 Å². The first-order valence-corrected chi connectivity index (χ1v) is 8.37. The molecule has 1 atom stereocenters. The second-order valence-corrected chi connectivity index (χ2v) is 6.78. The normalized spacial score (nSPS) is 12.2. The highest BCUT2D eigenvalue weighted by Gasteiger charge is 2.17. The van der Waals surface area contributed by atoms with E-state index in [1.807, 2.05) is 12.1 Å². The van der Waals surface area contributed by atoms with E-state index in [9.17, 15) is 5.11 Å². The van der Waals surface area contributed by atoms with Crippen LogP contribution in [-0.4, -0.2) is 19.3 Å². The van der Waals surface area contributed by atoms with E-state index in [-0.39, 0.29) is 0 Å². The minimum Gasteiger partial charge on any atom is -0.493 e. The van der Waals surface area contributed by atoms with E-state index in [1.54, 1.807) is 25.6 Å². The fourth-order valence-electron chi connectivity index (χ4n) is 2.15. The van der Waals surface area contributed by atoms with Crippen molar-refractivity contribution in [3.63, 3.8) is 0 Å². The van der Waals surface area contributed by atoms with Gasteiger partial charge in [-0.25, -0.2) is 0 Å². The lowest BCUT2D eigenvalue weighted by Gasteiger charge is -2.16. The van der Waals surface area contributed by atoms with Gasteiger partial charge in [-0.2, -0.15) is 0 Å². The highest BCUT2D eigenvalue weighted by molar-refractivity contribution is 9.10. The minimum absolute atomic E-state index is 0.581. The Bertz CT molecular complexity index is 610. The van der Waals surface area contributed by atoms with Crippen LogP contribution in [0.15, 0.2) is 28.7 Å². The maximum absolute atomic E-state index is 10.5. The van der Waals surface area contributed by atoms with Gasteiger partial charge < -0.3 is 14.6 Å². The van der Waals surface area contributed by atoms with Gasteiger partial charge in [0.1, 0.15) is 0 Å². The van der Waals surface area contributed by atoms with Gasteiger partial charge in [-0.05, 0) is 36.2 Å². The van der Waals surface area contributed by atoms with Gasteiger partial charge in [0.15, 0.2) is 11.5 Å². The highest BCUT2D eigenvalue weighted by Crippen LogP contribution is 2.37. The van der Waals surface area contributed by atoms with E-state index < -0.39 is 6.10 Å². The van der Waals surface area contributed by atoms with Crippen LogP contribution >= 0.6 is 27.3 Å². The number of aliphatic hydroxyl groups excluding tert-OH is 1. The van der Waals surface area contributed by atoms with Crippen molar-refractivity contribution < 1.29 is 14.6 Å². The van der Waals surface area contributed by atoms with E-state index in [1.165, 1.54) is 9.75 Å². The first kappa shape index (κ1) is 16.3. The molecule has 114 valence electrons. The van der Waals surface area contributed by atoms with Crippen LogP contribution in [0.1, 0.15) is 28.3 Å². The number of aryl methyl sites for hydroxylation is 1. The summed E-state index contributed by atoms with van der Waals surface area (Å²) in [6, 6.07) is 7.85. The molecule has 21 heavy (non-hydrogen) atoms. The summed E-state index contributed by atoms with van der Waals surface area (Å²) in [6.07, 6.45) is 1.04. The van der Waals surface area contributed by atoms with Gasteiger partial charge in [0.2, 0.25) is 0 Å². The molecule has 5 heteroatoms. The van der Waals surface area contributed by atoms with Crippen LogP contribution in [0.25, 0.3) is 0 Å². The lowest BCUT2D eigenvalue weighted by molar-refractivity contribution is 0.178. The number of methoxy groups -OCH3 is 2. The predicted molar refractivity (Wildman–Crippen MR) is 89.6 cm³/mol. The van der Waals surface area contributed by atoms with Crippen LogP contribution in [0.4, 0.5) is 0 Å². The van der Waals surface area contributed by atoms with E-state index in [0.717, 1.165) is 16.5 Å². The second kappa shape index (κ2) is 7.29. The molecule has 0 aliphatic rings. The molecule has 0 amide bonds. The van der Waals surface area contributed by atoms with Crippen LogP contribution < -0.4 is 9.47 Å². The molecular weight excluding hydrogens is 352 g/mol. The minimum atomic E-state index is -0.581. The zero-order valence-corrected chi connectivity index (χ0v) is 14.8. The molecule has 2 rings (SSSR count). The third-order valence-electron chi connectivity index (χ3n) is 3.32. The van der Waals surface area contributed by atoms with Gasteiger partial charge in [0.25, 0.3) is 0 Å². The lowest BCUT2D eigenvalue weighted by atomic mass is 10.1. The van der Waals surface area contributed by atoms with Gasteiger partial charge >= 0.3 is 0 Å². The van der Waals surface area contributed by atoms with Crippen molar-refractivity contribution in [2.45, 2.75) is 25.9 Å². The van der Waals surface area contributed by atoms with Crippen LogP contribution in [-0.2, 0) is 12.8 Å². The van der Waals surface area contributed by atoms with Gasteiger partial charge in [0.05, 0.1) is 20.3 Å². The first-order valence-electron chi connectivity index (χ1n) is 6.76. The van der Waals surface area contributed by atoms with Crippen molar-refractivity contribution in [3.05, 3.63) is 44.1 Å². The maximum Gasteiger partial charge on any atom is 0.161 e. The van der Waals surface area contributed by atoms with Crippen molar-refractivity contribution >= 4 is 27.3 Å². The molecule has 0 spiro atoms. The van der Waals surface area contributed by atoms with E-state index in [4.69, 9.17) is 9.47 Å². The van der Waals surface area contributed by atoms with Crippen LogP contribution in [0.5, 0.6) is 11.5 Å². The average Bonchev–Trinajstić information content (AvgIpc) is 2.94. The summed E-state index contributed by atoms with van der Waals surface area (Å²) in [6.45, 7) is 2.14. The fourth-order valence-corrected chi connectivity index (χ4v) is 3.73. The Hall–Kier alpha value is -1.04. The molecule has 1 unspecified atom stereocenters. The highest BCUT2D eigenvalue weighted by atomic mass is 79.9. The maximum atomic E-state index is 10.5. The molecular formula is C16H19BrO3S. The molecule has 0 saturated carbocycles. The van der Waals surface area contributed by atoms with Crippen LogP contribution in [0.3, 0.4) is 0 Å². The summed E-state index contributed by atoms with van der Waals surface area (Å²) < 4.78 is 11.4. The third kappa shape index (κ3) is 3.78. The Morgan fingerprint density at radius 2 is 1.76 bits per heavy atom. The number of ether oxygens (including phenoxy) is 2. The van der Waals surface area contributed by atoms with Crippen molar-refractivity contribution in [1.82, 2.24) is 0 Å². The summed E-state index contributed by atoms with van der Waals surface area (Å²) in [5, 5.41) is 10.5. The molecule has 2 aromatic rings. The number of hydrogen-bond donors (Lipinski definition) is 1. The molecule has 0 saturated heterocycles. The van der Waals surface area contributed by atoms with Gasteiger partial charge in [-0.15, -0.1) is 11.3 Å². The molecule has 0 bridgehead atoms. The van der Waals surface area contributed by atoms with Gasteiger partial charge in [-0.1, -0.05) is 22.9 Å². The molecule has 1 heterocycles. The van der Waals surface area contributed by atoms with Crippen LogP contribution in [0, 0.1) is 0 Å². The summed E-state index contributed by atoms with van der Waals surface area (Å²) in [5.41, 5.74) is 0.805. The molecule has 0 fully saturated rings. The fraction of sp³-hybridized carbons (Fsp3) is 0.375. The Morgan fingerprint density at radius 3 is 2.33 bits per heavy atom. The number of thiophene rings is 1. The zero-order valence-electron chi connectivity index (χ0n) is 12.4. The number of aliphatic hydroxyl groups is 1. The number of rotatable bonds is 6. The third-order valence-corrected chi connectivity index (χ3v) is 5.26. The molecule has 0 aliphatic carbocycles. The number of benzene rings is 1. The van der Waals surface area contributed by atoms with Gasteiger partial charge in [0, 0.05) is 20.6 Å². The standard InChI is InChI=1S/C16H19BrO3S/c1-4-10-5-6-11(21-10)7-14(18)12-8-15(19-2)16(20-3)9-13(12)17/h5-6,8-9,14,18H,4,7H2,1-3H3. The quantitative estimate of drug-likeness (QED) is 0.820. The molecule has 1 aromatic heterocycles. The largest absolute Gasteiger partial charge is 0.493 e. The summed E-state index contributed by atoms with van der Waals surface area (Å²) in [7, 11) is 3.19. The summed E-state index contributed by atoms with van der Waals surface area (Å²) >= 11 is 5.24. The van der Waals surface area contributed by atoms with E-state index in [0.29, 0.717) is 17.9 Å². The van der Waals surface area contributed by atoms with Crippen molar-refractivity contribution in [2.75, 3.05) is 14.2 Å². The summed E-state index contributed by atoms with van der Waals surface area (Å²) in [4.78, 5) is 2.52. The average molecular weight is 371 g/mol. The van der Waals surface area contributed by atoms with E-state index in [2.05, 4.69) is 35.0 Å². The topological polar surface area (TPSA) is 38.7 Å². The van der Waals surface area contributed by atoms with Crippen molar-refractivity contribution in [2.24, 2.45) is 0 Å². The Morgan fingerprint density at radius 1 is 1.14 bits per heavy atom. The SMILES string of the molecule is CCc1ccc(CC(O)c2cc(OC)c(OC)cc2Br)s1. The number of halogens is 1. The molecule has 1 N–H and O–H groups in total. The lowest BCUT2D eigenvalue weighted by Crippen LogP contribution is -2.03. The predicted octanol–water partition coefficient (Wildman–Crippen LogP) is 4.37. The Kier molecular flexibility index (Phi) is 5.67. The molecule has 1 aromatic carbocycles. The second-order valence-electron chi connectivity index (χ2n) is 4.67. The van der Waals surface area contributed by atoms with E-state index >= 15 is 0 Å². The molecule has 3 nitrogen and oxygen atoms in total. The monoisotopic (exact) mass is 370 g/mol. The van der Waals surface area contributed by atoms with Gasteiger partial charge in [-0.3, -0.25) is 0 Å². The smallest absolute Gasteiger partial charge is 0.161 e. The number of hydrogen-bond acceptors (Lipinski definition) is 4. The van der Waals surface area contributed by atoms with Crippen LogP contribution in [0.2, 0.25) is 0 Å². The first-order chi connectivity index (χ1) is 10.1. The molecule has 0 radical (unpaired) electrons. The molecule has 0 aliphatic heterocycles. The summed E-state index contributed by atoms with van der Waals surface area (Å²) in [5.74, 6) is 1.26. The zero-order chi connectivity index (χ0) is 15.4. The van der Waals surface area contributed by atoms with Crippen molar-refractivity contribution in [3.8, 4) is 11.5 Å². The Labute approximate surface area is 137 Å². The Balaban J connectivity index is 2.23.